The summed E-state index contributed by atoms with van der Waals surface area (Å²) in [6, 6.07) is 0. The van der Waals surface area contributed by atoms with Crippen LogP contribution in [0, 0.1) is 20.2 Å². The van der Waals surface area contributed by atoms with E-state index in [1.165, 1.54) is 6.08 Å². The first-order valence-electron chi connectivity index (χ1n) is 5.16. The predicted molar refractivity (Wildman–Crippen MR) is 60.1 cm³/mol. The number of nitrogens with zero attached hydrogens (tertiary/aromatic N) is 3. The smallest absolute Gasteiger partial charge is 0.276 e. The molecular formula is C9H12ClN3O4. The van der Waals surface area contributed by atoms with Gasteiger partial charge >= 0.3 is 0 Å². The zero-order valence-electron chi connectivity index (χ0n) is 9.26. The van der Waals surface area contributed by atoms with Crippen LogP contribution in [0.15, 0.2) is 11.1 Å². The van der Waals surface area contributed by atoms with Crippen LogP contribution >= 0.6 is 11.6 Å². The molecule has 2 rings (SSSR count). The summed E-state index contributed by atoms with van der Waals surface area (Å²) in [5, 5.41) is 22.5. The van der Waals surface area contributed by atoms with Crippen LogP contribution in [0.2, 0.25) is 0 Å². The first kappa shape index (κ1) is 12.3. The molecule has 2 bridgehead atoms. The van der Waals surface area contributed by atoms with Crippen LogP contribution < -0.4 is 0 Å². The number of likely N-dealkylation sites (tertiary alicyclic amines) is 1. The molecule has 2 aliphatic rings. The van der Waals surface area contributed by atoms with Crippen LogP contribution in [0.3, 0.4) is 0 Å². The van der Waals surface area contributed by atoms with E-state index in [1.54, 1.807) is 11.9 Å². The van der Waals surface area contributed by atoms with E-state index >= 15 is 0 Å². The van der Waals surface area contributed by atoms with Gasteiger partial charge in [-0.15, -0.1) is 0 Å². The highest BCUT2D eigenvalue weighted by atomic mass is 35.5. The first-order valence-corrected chi connectivity index (χ1v) is 5.54. The van der Waals surface area contributed by atoms with Gasteiger partial charge in [-0.3, -0.25) is 25.1 Å². The van der Waals surface area contributed by atoms with Gasteiger partial charge in [-0.05, 0) is 7.05 Å². The third-order valence-electron chi connectivity index (χ3n) is 3.56. The standard InChI is InChI=1S/C9H12ClN3O4/c1-11-5-8(12(14)15)3-2-7(10)9(4-8,6-11)13(16)17/h2H,3-6H2,1H3/t8-,9+/m0/s1. The molecule has 1 saturated heterocycles. The highest BCUT2D eigenvalue weighted by Gasteiger charge is 2.64. The quantitative estimate of drug-likeness (QED) is 0.544. The lowest BCUT2D eigenvalue weighted by Crippen LogP contribution is -2.66. The Morgan fingerprint density at radius 2 is 2.00 bits per heavy atom. The van der Waals surface area contributed by atoms with Crippen molar-refractivity contribution in [3.05, 3.63) is 31.3 Å². The Labute approximate surface area is 102 Å². The predicted octanol–water partition coefficient (Wildman–Crippen LogP) is 0.879. The molecule has 0 N–H and O–H groups in total. The molecule has 17 heavy (non-hydrogen) atoms. The summed E-state index contributed by atoms with van der Waals surface area (Å²) in [4.78, 5) is 23.2. The molecule has 0 amide bonds. The zero-order valence-corrected chi connectivity index (χ0v) is 10.0. The zero-order chi connectivity index (χ0) is 12.8. The second kappa shape index (κ2) is 3.64. The third kappa shape index (κ3) is 1.61. The molecular weight excluding hydrogens is 250 g/mol. The van der Waals surface area contributed by atoms with Gasteiger partial charge in [0.1, 0.15) is 0 Å². The van der Waals surface area contributed by atoms with E-state index in [4.69, 9.17) is 11.6 Å². The second-order valence-electron chi connectivity index (χ2n) is 4.88. The lowest BCUT2D eigenvalue weighted by atomic mass is 9.72. The Balaban J connectivity index is 2.52. The van der Waals surface area contributed by atoms with Crippen LogP contribution in [0.1, 0.15) is 12.8 Å². The van der Waals surface area contributed by atoms with Gasteiger partial charge < -0.3 is 0 Å². The topological polar surface area (TPSA) is 89.5 Å². The Bertz CT molecular complexity index is 426. The van der Waals surface area contributed by atoms with E-state index in [2.05, 4.69) is 0 Å². The Kier molecular flexibility index (Phi) is 2.62. The molecule has 94 valence electrons. The van der Waals surface area contributed by atoms with E-state index in [1.807, 2.05) is 0 Å². The summed E-state index contributed by atoms with van der Waals surface area (Å²) in [6.45, 7) is 0.335. The molecule has 1 aliphatic heterocycles. The molecule has 0 aromatic heterocycles. The monoisotopic (exact) mass is 261 g/mol. The van der Waals surface area contributed by atoms with Gasteiger partial charge in [-0.25, -0.2) is 0 Å². The lowest BCUT2D eigenvalue weighted by Gasteiger charge is -2.43. The van der Waals surface area contributed by atoms with Crippen LogP contribution in [-0.2, 0) is 0 Å². The molecule has 0 aromatic carbocycles. The van der Waals surface area contributed by atoms with Crippen molar-refractivity contribution in [2.24, 2.45) is 0 Å². The summed E-state index contributed by atoms with van der Waals surface area (Å²) >= 11 is 5.94. The van der Waals surface area contributed by atoms with E-state index in [-0.39, 0.29) is 31.0 Å². The maximum atomic E-state index is 11.2. The van der Waals surface area contributed by atoms with E-state index in [0.29, 0.717) is 0 Å². The average molecular weight is 262 g/mol. The number of hydrogen-bond donors (Lipinski definition) is 0. The van der Waals surface area contributed by atoms with Crippen molar-refractivity contribution in [1.29, 1.82) is 0 Å². The Morgan fingerprint density at radius 1 is 1.35 bits per heavy atom. The van der Waals surface area contributed by atoms with Gasteiger partial charge in [0.25, 0.3) is 5.54 Å². The summed E-state index contributed by atoms with van der Waals surface area (Å²) < 4.78 is 0. The Morgan fingerprint density at radius 3 is 2.53 bits per heavy atom. The number of rotatable bonds is 2. The number of likely N-dealkylation sites (N-methyl/N-ethyl adjacent to an activating group) is 1. The minimum atomic E-state index is -1.51. The molecule has 8 heteroatoms. The van der Waals surface area contributed by atoms with Crippen LogP contribution in [0.25, 0.3) is 0 Å². The molecule has 0 spiro atoms. The maximum absolute atomic E-state index is 11.2. The van der Waals surface area contributed by atoms with Crippen molar-refractivity contribution in [3.8, 4) is 0 Å². The van der Waals surface area contributed by atoms with Crippen molar-refractivity contribution in [2.45, 2.75) is 23.9 Å². The summed E-state index contributed by atoms with van der Waals surface area (Å²) in [5.74, 6) is 0. The molecule has 0 aromatic rings. The van der Waals surface area contributed by atoms with Gasteiger partial charge in [0.15, 0.2) is 0 Å². The van der Waals surface area contributed by atoms with Crippen molar-refractivity contribution < 1.29 is 9.85 Å². The average Bonchev–Trinajstić information content (AvgIpc) is 2.23. The summed E-state index contributed by atoms with van der Waals surface area (Å²) in [5.41, 5.74) is -2.79. The number of hydrogen-bond acceptors (Lipinski definition) is 5. The molecule has 1 heterocycles. The van der Waals surface area contributed by atoms with E-state index in [9.17, 15) is 20.2 Å². The van der Waals surface area contributed by atoms with Crippen molar-refractivity contribution in [3.63, 3.8) is 0 Å². The highest BCUT2D eigenvalue weighted by Crippen LogP contribution is 2.45. The third-order valence-corrected chi connectivity index (χ3v) is 4.07. The number of halogens is 1. The normalized spacial score (nSPS) is 37.4. The molecule has 1 fully saturated rings. The summed E-state index contributed by atoms with van der Waals surface area (Å²) in [7, 11) is 1.64. The molecule has 1 aliphatic carbocycles. The SMILES string of the molecule is CN1C[C@]2([N+](=O)[O-])CC=C(Cl)[C@]([N+](=O)[O-])(C1)C2. The van der Waals surface area contributed by atoms with Gasteiger partial charge in [0, 0.05) is 16.3 Å². The summed E-state index contributed by atoms with van der Waals surface area (Å²) in [6.07, 6.45) is 1.46. The van der Waals surface area contributed by atoms with E-state index < -0.39 is 20.9 Å². The maximum Gasteiger partial charge on any atom is 0.276 e. The van der Waals surface area contributed by atoms with Gasteiger partial charge in [0.05, 0.1) is 24.5 Å². The molecule has 0 radical (unpaired) electrons. The fourth-order valence-corrected chi connectivity index (χ4v) is 3.11. The van der Waals surface area contributed by atoms with Crippen LogP contribution in [0.5, 0.6) is 0 Å². The molecule has 2 atom stereocenters. The minimum absolute atomic E-state index is 0.116. The molecule has 0 saturated carbocycles. The van der Waals surface area contributed by atoms with E-state index in [0.717, 1.165) is 0 Å². The van der Waals surface area contributed by atoms with Gasteiger partial charge in [-0.2, -0.15) is 0 Å². The first-order chi connectivity index (χ1) is 7.82. The van der Waals surface area contributed by atoms with Crippen LogP contribution in [-0.4, -0.2) is 46.0 Å². The molecule has 0 unspecified atom stereocenters. The fraction of sp³-hybridized carbons (Fsp3) is 0.778. The molecule has 7 nitrogen and oxygen atoms in total. The number of piperidine rings is 1. The minimum Gasteiger partial charge on any atom is -0.292 e. The van der Waals surface area contributed by atoms with Crippen molar-refractivity contribution in [1.82, 2.24) is 4.90 Å². The second-order valence-corrected chi connectivity index (χ2v) is 5.28. The Hall–Kier alpha value is -1.21. The highest BCUT2D eigenvalue weighted by molar-refractivity contribution is 6.30. The largest absolute Gasteiger partial charge is 0.292 e. The van der Waals surface area contributed by atoms with Crippen LogP contribution in [0.4, 0.5) is 0 Å². The number of fused-ring (bicyclic) bond motifs is 2. The number of nitro groups is 2. The van der Waals surface area contributed by atoms with Crippen molar-refractivity contribution in [2.75, 3.05) is 20.1 Å². The van der Waals surface area contributed by atoms with Gasteiger partial charge in [0.2, 0.25) is 5.54 Å². The lowest BCUT2D eigenvalue weighted by molar-refractivity contribution is -0.619. The fourth-order valence-electron chi connectivity index (χ4n) is 2.83. The van der Waals surface area contributed by atoms with Crippen molar-refractivity contribution >= 4 is 11.6 Å². The van der Waals surface area contributed by atoms with Gasteiger partial charge in [-0.1, -0.05) is 17.7 Å².